The summed E-state index contributed by atoms with van der Waals surface area (Å²) in [6.45, 7) is 6.96. The highest BCUT2D eigenvalue weighted by Crippen LogP contribution is 2.46. The lowest BCUT2D eigenvalue weighted by atomic mass is 10.1. The number of hydrogen-bond acceptors (Lipinski definition) is 9. The van der Waals surface area contributed by atoms with Gasteiger partial charge >= 0.3 is 12.0 Å². The number of rotatable bonds is 7. The van der Waals surface area contributed by atoms with Gasteiger partial charge in [-0.25, -0.2) is 19.6 Å². The lowest BCUT2D eigenvalue weighted by Gasteiger charge is -2.30. The fraction of sp³-hybridized carbons (Fsp3) is 0.514. The Balaban J connectivity index is 1.32. The molecule has 3 aliphatic rings. The Labute approximate surface area is 279 Å². The molecule has 1 N–H and O–H groups in total. The van der Waals surface area contributed by atoms with Crippen LogP contribution in [0.2, 0.25) is 0 Å². The number of methoxy groups -OCH3 is 1. The van der Waals surface area contributed by atoms with E-state index in [0.29, 0.717) is 35.7 Å². The number of carbonyl (C=O) groups excluding carboxylic acids is 3. The van der Waals surface area contributed by atoms with Gasteiger partial charge in [-0.1, -0.05) is 26.0 Å². The van der Waals surface area contributed by atoms with Crippen LogP contribution in [0.5, 0.6) is 11.5 Å². The molecule has 6 rings (SSSR count). The average Bonchev–Trinajstić information content (AvgIpc) is 3.36. The standard InChI is InChI=1S/C35H43N5O6S/c1-6-45-33(42)35-18-22(35)11-9-7-8-10-14-39(4)34(43)40-19-24(16-29(40)31(41)38-35)46-30-17-27(32-37-28(20-47-32)21(2)3)36-26-15-23(44-5)12-13-25(26)30/h9,11-13,15,17,20-22,24,29H,6-8,10,14,16,18-19H2,1-5H3,(H,38,41)/b11-9-/t22-,24-,29+,35-/m1/s1. The van der Waals surface area contributed by atoms with Gasteiger partial charge in [0.25, 0.3) is 0 Å². The van der Waals surface area contributed by atoms with Crippen LogP contribution in [0.25, 0.3) is 21.6 Å². The molecule has 2 aliphatic heterocycles. The van der Waals surface area contributed by atoms with Gasteiger partial charge in [-0.2, -0.15) is 0 Å². The van der Waals surface area contributed by atoms with E-state index in [1.165, 1.54) is 11.3 Å². The second-order valence-corrected chi connectivity index (χ2v) is 13.7. The molecule has 11 nitrogen and oxygen atoms in total. The summed E-state index contributed by atoms with van der Waals surface area (Å²) in [4.78, 5) is 53.9. The van der Waals surface area contributed by atoms with Crippen LogP contribution in [0.15, 0.2) is 41.8 Å². The van der Waals surface area contributed by atoms with Crippen LogP contribution in [0.1, 0.15) is 64.5 Å². The number of pyridine rings is 1. The molecule has 47 heavy (non-hydrogen) atoms. The first kappa shape index (κ1) is 32.7. The SMILES string of the molecule is CCOC(=O)[C@@]12C[C@H]1/C=C\CCCCN(C)C(=O)N1C[C@H](Oc3cc(-c4nc(C(C)C)cs4)nc4cc(OC)ccc34)C[C@H]1C(=O)N2. The minimum Gasteiger partial charge on any atom is -0.497 e. The third kappa shape index (κ3) is 6.65. The summed E-state index contributed by atoms with van der Waals surface area (Å²) in [7, 11) is 3.38. The number of aromatic nitrogens is 2. The van der Waals surface area contributed by atoms with Crippen molar-refractivity contribution in [1.82, 2.24) is 25.1 Å². The summed E-state index contributed by atoms with van der Waals surface area (Å²) >= 11 is 1.53. The fourth-order valence-corrected chi connectivity index (χ4v) is 7.34. The second kappa shape index (κ2) is 13.5. The predicted octanol–water partition coefficient (Wildman–Crippen LogP) is 5.54. The maximum absolute atomic E-state index is 14.0. The van der Waals surface area contributed by atoms with E-state index in [1.54, 1.807) is 30.9 Å². The molecule has 1 saturated heterocycles. The Kier molecular flexibility index (Phi) is 9.41. The van der Waals surface area contributed by atoms with Gasteiger partial charge in [0, 0.05) is 48.8 Å². The van der Waals surface area contributed by atoms with Crippen molar-refractivity contribution in [1.29, 1.82) is 0 Å². The largest absolute Gasteiger partial charge is 0.497 e. The average molecular weight is 662 g/mol. The number of urea groups is 1. The van der Waals surface area contributed by atoms with E-state index in [1.807, 2.05) is 35.7 Å². The highest BCUT2D eigenvalue weighted by molar-refractivity contribution is 7.13. The van der Waals surface area contributed by atoms with Crippen molar-refractivity contribution in [2.45, 2.75) is 76.5 Å². The first-order chi connectivity index (χ1) is 22.6. The van der Waals surface area contributed by atoms with Crippen molar-refractivity contribution in [3.8, 4) is 22.2 Å². The summed E-state index contributed by atoms with van der Waals surface area (Å²) in [5.74, 6) is 0.567. The number of benzene rings is 1. The van der Waals surface area contributed by atoms with E-state index in [2.05, 4.69) is 25.2 Å². The Morgan fingerprint density at radius 2 is 2.02 bits per heavy atom. The molecule has 2 aromatic heterocycles. The van der Waals surface area contributed by atoms with Crippen molar-refractivity contribution >= 4 is 40.1 Å². The zero-order valence-corrected chi connectivity index (χ0v) is 28.5. The lowest BCUT2D eigenvalue weighted by Crippen LogP contribution is -2.55. The minimum absolute atomic E-state index is 0.144. The van der Waals surface area contributed by atoms with Crippen molar-refractivity contribution in [3.63, 3.8) is 0 Å². The van der Waals surface area contributed by atoms with Gasteiger partial charge in [0.05, 0.1) is 31.5 Å². The van der Waals surface area contributed by atoms with Gasteiger partial charge in [-0.3, -0.25) is 4.79 Å². The van der Waals surface area contributed by atoms with Gasteiger partial charge in [-0.05, 0) is 50.7 Å². The monoisotopic (exact) mass is 661 g/mol. The Bertz CT molecular complexity index is 1690. The van der Waals surface area contributed by atoms with Crippen molar-refractivity contribution in [3.05, 3.63) is 47.5 Å². The minimum atomic E-state index is -1.12. The molecule has 250 valence electrons. The third-order valence-electron chi connectivity index (χ3n) is 9.23. The molecule has 0 radical (unpaired) electrons. The van der Waals surface area contributed by atoms with E-state index < -0.39 is 23.7 Å². The van der Waals surface area contributed by atoms with Crippen LogP contribution in [0.4, 0.5) is 4.79 Å². The summed E-state index contributed by atoms with van der Waals surface area (Å²) in [5.41, 5.74) is 1.23. The van der Waals surface area contributed by atoms with Gasteiger partial charge < -0.3 is 29.3 Å². The Morgan fingerprint density at radius 1 is 1.19 bits per heavy atom. The summed E-state index contributed by atoms with van der Waals surface area (Å²) in [6, 6.07) is 6.44. The van der Waals surface area contributed by atoms with E-state index in [4.69, 9.17) is 24.2 Å². The highest BCUT2D eigenvalue weighted by atomic mass is 32.1. The molecule has 4 heterocycles. The smallest absolute Gasteiger partial charge is 0.332 e. The van der Waals surface area contributed by atoms with Gasteiger partial charge in [0.1, 0.15) is 39.9 Å². The molecular formula is C35H43N5O6S. The van der Waals surface area contributed by atoms with Crippen molar-refractivity contribution in [2.75, 3.05) is 33.9 Å². The molecule has 1 saturated carbocycles. The van der Waals surface area contributed by atoms with Crippen LogP contribution in [0.3, 0.4) is 0 Å². The first-order valence-corrected chi connectivity index (χ1v) is 17.3. The first-order valence-electron chi connectivity index (χ1n) is 16.4. The molecule has 0 unspecified atom stereocenters. The maximum Gasteiger partial charge on any atom is 0.332 e. The second-order valence-electron chi connectivity index (χ2n) is 12.9. The van der Waals surface area contributed by atoms with Crippen LogP contribution in [-0.2, 0) is 14.3 Å². The molecule has 0 spiro atoms. The third-order valence-corrected chi connectivity index (χ3v) is 10.1. The van der Waals surface area contributed by atoms with Crippen molar-refractivity contribution in [2.24, 2.45) is 5.92 Å². The van der Waals surface area contributed by atoms with Gasteiger partial charge in [-0.15, -0.1) is 11.3 Å². The van der Waals surface area contributed by atoms with E-state index in [9.17, 15) is 14.4 Å². The van der Waals surface area contributed by atoms with Gasteiger partial charge in [0.2, 0.25) is 5.91 Å². The molecular weight excluding hydrogens is 618 g/mol. The van der Waals surface area contributed by atoms with Crippen LogP contribution in [-0.4, -0.2) is 89.2 Å². The number of ether oxygens (including phenoxy) is 3. The number of allylic oxidation sites excluding steroid dienone is 1. The molecule has 0 bridgehead atoms. The molecule has 4 atom stereocenters. The number of nitrogens with zero attached hydrogens (tertiary/aromatic N) is 4. The number of hydrogen-bond donors (Lipinski definition) is 1. The number of amides is 3. The Hall–Kier alpha value is -4.19. The number of thiazole rings is 1. The van der Waals surface area contributed by atoms with Gasteiger partial charge in [0.15, 0.2) is 0 Å². The predicted molar refractivity (Wildman–Crippen MR) is 180 cm³/mol. The molecule has 1 aliphatic carbocycles. The number of nitrogens with one attached hydrogen (secondary N) is 1. The summed E-state index contributed by atoms with van der Waals surface area (Å²) in [5, 5.41) is 6.62. The van der Waals surface area contributed by atoms with Crippen LogP contribution in [0, 0.1) is 5.92 Å². The molecule has 2 fully saturated rings. The number of esters is 1. The molecule has 3 aromatic rings. The lowest BCUT2D eigenvalue weighted by molar-refractivity contribution is -0.149. The van der Waals surface area contributed by atoms with Crippen LogP contribution < -0.4 is 14.8 Å². The maximum atomic E-state index is 14.0. The summed E-state index contributed by atoms with van der Waals surface area (Å²) < 4.78 is 17.6. The molecule has 3 amide bonds. The number of fused-ring (bicyclic) bond motifs is 3. The molecule has 1 aromatic carbocycles. The van der Waals surface area contributed by atoms with Crippen LogP contribution >= 0.6 is 11.3 Å². The Morgan fingerprint density at radius 3 is 2.77 bits per heavy atom. The van der Waals surface area contributed by atoms with Crippen molar-refractivity contribution < 1.29 is 28.6 Å². The topological polar surface area (TPSA) is 123 Å². The molecule has 12 heteroatoms. The quantitative estimate of drug-likeness (QED) is 0.259. The fourth-order valence-electron chi connectivity index (χ4n) is 6.40. The van der Waals surface area contributed by atoms with E-state index >= 15 is 0 Å². The number of carbonyl (C=O) groups is 3. The normalized spacial score (nSPS) is 25.5. The van der Waals surface area contributed by atoms with E-state index in [0.717, 1.165) is 35.4 Å². The zero-order chi connectivity index (χ0) is 33.3. The highest BCUT2D eigenvalue weighted by Gasteiger charge is 2.62. The zero-order valence-electron chi connectivity index (χ0n) is 27.7. The summed E-state index contributed by atoms with van der Waals surface area (Å²) in [6.07, 6.45) is 6.90. The van der Waals surface area contributed by atoms with E-state index in [-0.39, 0.29) is 43.3 Å².